The van der Waals surface area contributed by atoms with Crippen LogP contribution in [0, 0.1) is 37.8 Å². The predicted molar refractivity (Wildman–Crippen MR) is 512 cm³/mol. The Hall–Kier alpha value is -11.2. The van der Waals surface area contributed by atoms with Gasteiger partial charge in [0, 0.05) is 62.4 Å². The molecule has 1 aromatic heterocycles. The summed E-state index contributed by atoms with van der Waals surface area (Å²) in [5.74, 6) is 0.182. The molecule has 0 fully saturated rings. The van der Waals surface area contributed by atoms with Crippen LogP contribution >= 0.6 is 58.4 Å². The van der Waals surface area contributed by atoms with Crippen LogP contribution in [-0.4, -0.2) is 16.5 Å². The maximum Gasteiger partial charge on any atom is 0.269 e. The van der Waals surface area contributed by atoms with E-state index in [-0.39, 0.29) is 65.8 Å². The number of non-ortho nitro benzene ring substituents is 1. The summed E-state index contributed by atoms with van der Waals surface area (Å²) >= 11 is 8.41. The molecule has 0 aliphatic heterocycles. The highest BCUT2D eigenvalue weighted by Gasteiger charge is 2.33. The molecule has 0 N–H and O–H groups in total. The minimum Gasteiger partial charge on any atom is -0.295 e. The van der Waals surface area contributed by atoms with Crippen molar-refractivity contribution in [2.75, 3.05) is 0 Å². The van der Waals surface area contributed by atoms with Crippen molar-refractivity contribution in [3.63, 3.8) is 0 Å². The first-order chi connectivity index (χ1) is 59.2. The third-order valence-electron chi connectivity index (χ3n) is 19.2. The third kappa shape index (κ3) is 23.5. The number of thiophene rings is 1. The van der Waals surface area contributed by atoms with E-state index in [0.717, 1.165) is 35.6 Å². The second-order valence-corrected chi connectivity index (χ2v) is 41.3. The zero-order valence-corrected chi connectivity index (χ0v) is 74.7. The SMILES string of the molecule is CC(=O)c1ccc(Sc2ccc([S+](c3ccccc3)c3ccccc3)cc2C)cc1.Cc1cc([S+](c2ccccc2)c2ccccc2)ccc1Sc1ccc(C(=O)c2cccs2)cc1.Cc1cc([S+](c2ccccc2)c2ccccc2)ccc1Sc1ccc([N+](=O)[O-])cc1.Cc1cc([S+](c2ccccc2)c2ccccc2)ccc1Sc1ccccc1. The molecule has 5 nitrogen and oxygen atoms in total. The minimum atomic E-state index is -0.372. The maximum atomic E-state index is 12.6. The van der Waals surface area contributed by atoms with Gasteiger partial charge >= 0.3 is 0 Å². The monoisotopic (exact) mass is 1740 g/mol. The lowest BCUT2D eigenvalue weighted by atomic mass is 10.1. The topological polar surface area (TPSA) is 77.3 Å². The van der Waals surface area contributed by atoms with Crippen LogP contribution < -0.4 is 0 Å². The van der Waals surface area contributed by atoms with Gasteiger partial charge in [0.25, 0.3) is 5.69 Å². The Kier molecular flexibility index (Phi) is 30.8. The van der Waals surface area contributed by atoms with Gasteiger partial charge in [-0.1, -0.05) is 229 Å². The van der Waals surface area contributed by atoms with E-state index in [9.17, 15) is 19.7 Å². The molecule has 16 aromatic carbocycles. The quantitative estimate of drug-likeness (QED) is 0.0256. The summed E-state index contributed by atoms with van der Waals surface area (Å²) in [5, 5.41) is 12.8. The van der Waals surface area contributed by atoms with Gasteiger partial charge in [-0.3, -0.25) is 19.7 Å². The first-order valence-electron chi connectivity index (χ1n) is 39.3. The predicted octanol–water partition coefficient (Wildman–Crippen LogP) is 30.4. The highest BCUT2D eigenvalue weighted by molar-refractivity contribution is 8.00. The number of carbonyl (C=O) groups excluding carboxylic acids is 2. The fraction of sp³-hybridized carbons (Fsp3) is 0.0467. The van der Waals surface area contributed by atoms with E-state index in [1.54, 1.807) is 66.5 Å². The number of benzene rings is 16. The van der Waals surface area contributed by atoms with Gasteiger partial charge in [-0.15, -0.1) is 11.3 Å². The molecule has 0 unspecified atom stereocenters. The van der Waals surface area contributed by atoms with Crippen molar-refractivity contribution in [2.24, 2.45) is 0 Å². The van der Waals surface area contributed by atoms with Gasteiger partial charge in [-0.05, 0) is 299 Å². The molecule has 0 spiro atoms. The summed E-state index contributed by atoms with van der Waals surface area (Å²) in [4.78, 5) is 60.6. The Morgan fingerprint density at radius 2 is 0.496 bits per heavy atom. The van der Waals surface area contributed by atoms with Crippen molar-refractivity contribution in [2.45, 2.75) is 133 Å². The summed E-state index contributed by atoms with van der Waals surface area (Å²) in [6.07, 6.45) is 0. The third-order valence-corrected chi connectivity index (χ3v) is 33.6. The normalized spacial score (nSPS) is 10.9. The first kappa shape index (κ1) is 86.2. The average Bonchev–Trinajstić information content (AvgIpc) is 1.41. The number of carbonyl (C=O) groups is 2. The molecule has 14 heteroatoms. The van der Waals surface area contributed by atoms with Gasteiger partial charge < -0.3 is 0 Å². The van der Waals surface area contributed by atoms with Crippen LogP contribution in [0.15, 0.2) is 534 Å². The molecule has 121 heavy (non-hydrogen) atoms. The van der Waals surface area contributed by atoms with E-state index in [1.165, 1.54) is 112 Å². The highest BCUT2D eigenvalue weighted by Crippen LogP contribution is 2.42. The number of aryl methyl sites for hydroxylation is 4. The van der Waals surface area contributed by atoms with Crippen LogP contribution in [0.25, 0.3) is 0 Å². The van der Waals surface area contributed by atoms with E-state index in [1.807, 2.05) is 89.9 Å². The van der Waals surface area contributed by atoms with Crippen LogP contribution in [0.4, 0.5) is 5.69 Å². The average molecular weight is 1740 g/mol. The smallest absolute Gasteiger partial charge is 0.269 e. The molecule has 0 atom stereocenters. The summed E-state index contributed by atoms with van der Waals surface area (Å²) in [7, 11) is -0.545. The number of rotatable bonds is 24. The number of nitro groups is 1. The van der Waals surface area contributed by atoms with Crippen LogP contribution in [0.5, 0.6) is 0 Å². The zero-order chi connectivity index (χ0) is 83.7. The molecule has 0 radical (unpaired) electrons. The van der Waals surface area contributed by atoms with Gasteiger partial charge in [0.1, 0.15) is 0 Å². The lowest BCUT2D eigenvalue weighted by Crippen LogP contribution is -2.05. The van der Waals surface area contributed by atoms with Gasteiger partial charge in [-0.2, -0.15) is 0 Å². The Morgan fingerprint density at radius 1 is 0.264 bits per heavy atom. The van der Waals surface area contributed by atoms with Crippen LogP contribution in [0.3, 0.4) is 0 Å². The second-order valence-electron chi connectivity index (χ2n) is 27.8. The molecule has 0 aliphatic carbocycles. The van der Waals surface area contributed by atoms with Gasteiger partial charge in [0.15, 0.2) is 64.5 Å². The second kappa shape index (κ2) is 43.3. The number of ketones is 2. The first-order valence-corrected chi connectivity index (χ1v) is 48.4. The lowest BCUT2D eigenvalue weighted by Gasteiger charge is -2.11. The van der Waals surface area contributed by atoms with Gasteiger partial charge in [0.2, 0.25) is 5.78 Å². The zero-order valence-electron chi connectivity index (χ0n) is 67.3. The Bertz CT molecular complexity index is 5840. The number of hydrogen-bond donors (Lipinski definition) is 0. The van der Waals surface area contributed by atoms with E-state index in [2.05, 4.69) is 361 Å². The molecule has 0 aliphatic rings. The lowest BCUT2D eigenvalue weighted by molar-refractivity contribution is -0.384. The fourth-order valence-electron chi connectivity index (χ4n) is 13.2. The van der Waals surface area contributed by atoms with Crippen LogP contribution in [0.2, 0.25) is 0 Å². The molecule has 0 amide bonds. The van der Waals surface area contributed by atoms with E-state index in [0.29, 0.717) is 0 Å². The Balaban J connectivity index is 0.000000132. The molecular formula is C107H87NO4S9+4. The van der Waals surface area contributed by atoms with Crippen molar-refractivity contribution in [3.8, 4) is 0 Å². The van der Waals surface area contributed by atoms with Gasteiger partial charge in [-0.25, -0.2) is 0 Å². The summed E-state index contributed by atoms with van der Waals surface area (Å²) < 4.78 is 0. The Labute approximate surface area is 743 Å². The van der Waals surface area contributed by atoms with E-state index in [4.69, 9.17) is 0 Å². The number of hydrogen-bond acceptors (Lipinski definition) is 9. The van der Waals surface area contributed by atoms with Crippen molar-refractivity contribution < 1.29 is 14.5 Å². The highest BCUT2D eigenvalue weighted by atomic mass is 32.2. The number of Topliss-reactive ketones (excluding diaryl/α,β-unsaturated/α-hetero) is 1. The Morgan fingerprint density at radius 3 is 0.719 bits per heavy atom. The van der Waals surface area contributed by atoms with Crippen molar-refractivity contribution >= 4 is 119 Å². The fourth-order valence-corrected chi connectivity index (χ4v) is 26.1. The minimum absolute atomic E-state index is 0.0842. The molecule has 0 saturated heterocycles. The summed E-state index contributed by atoms with van der Waals surface area (Å²) in [5.41, 5.74) is 6.63. The van der Waals surface area contributed by atoms with Crippen molar-refractivity contribution in [3.05, 3.63) is 484 Å². The maximum absolute atomic E-state index is 12.6. The standard InChI is InChI=1S/C30H23OS3.C27H23OS2.C25H20NO2S2.C25H21S2/c1-22-21-27(34(25-9-4-2-5-10-25)26-11-6-3-7-12-26)18-19-28(22)33-24-16-14-23(15-17-24)30(31)29-13-8-20-32-29;1-20-19-26(17-18-27(20)29-23-15-13-22(14-16-23)21(2)28)30(24-9-5-3-6-10-24)25-11-7-4-8-12-25;1-19-18-24(16-17-25(19)29-21-14-12-20(13-15-21)26(27)28)30(22-8-4-2-5-9-22)23-10-6-3-7-11-23;1-20-19-24(17-18-25(20)26-21-11-5-2-6-12-21)27(22-13-7-3-8-14-22)23-15-9-4-10-16-23/h2-21H,1H3;3-19H,1-2H3;2-18H,1H3;2-19H,1H3/q4*+1. The molecule has 594 valence electrons. The molecule has 1 heterocycles. The summed E-state index contributed by atoms with van der Waals surface area (Å²) in [6.45, 7) is 10.3. The van der Waals surface area contributed by atoms with Crippen LogP contribution in [0.1, 0.15) is 54.8 Å². The van der Waals surface area contributed by atoms with Crippen molar-refractivity contribution in [1.82, 2.24) is 0 Å². The van der Waals surface area contributed by atoms with Crippen molar-refractivity contribution in [1.29, 1.82) is 0 Å². The van der Waals surface area contributed by atoms with E-state index >= 15 is 0 Å². The molecule has 0 saturated carbocycles. The number of nitrogens with zero attached hydrogens (tertiary/aromatic N) is 1. The largest absolute Gasteiger partial charge is 0.295 e. The van der Waals surface area contributed by atoms with Gasteiger partial charge in [0.05, 0.1) is 53.4 Å². The summed E-state index contributed by atoms with van der Waals surface area (Å²) in [6, 6.07) is 150. The molecular weight excluding hydrogens is 1650 g/mol. The molecule has 0 bridgehead atoms. The molecule has 17 rings (SSSR count). The number of nitro benzene ring substituents is 1. The molecule has 17 aromatic rings. The van der Waals surface area contributed by atoms with E-state index < -0.39 is 0 Å². The van der Waals surface area contributed by atoms with Crippen LogP contribution in [-0.2, 0) is 43.6 Å².